The number of amides is 1. The number of nitrogens with zero attached hydrogens (tertiary/aromatic N) is 3. The summed E-state index contributed by atoms with van der Waals surface area (Å²) >= 11 is 0. The Hall–Kier alpha value is -1.66. The minimum atomic E-state index is -2.57. The number of aromatic nitrogens is 2. The van der Waals surface area contributed by atoms with Crippen molar-refractivity contribution in [1.29, 1.82) is 0 Å². The van der Waals surface area contributed by atoms with Crippen LogP contribution in [0.3, 0.4) is 0 Å². The Bertz CT molecular complexity index is 378. The second-order valence-corrected chi connectivity index (χ2v) is 3.37. The maximum absolute atomic E-state index is 12.1. The first-order valence-corrected chi connectivity index (χ1v) is 4.82. The summed E-state index contributed by atoms with van der Waals surface area (Å²) in [6, 6.07) is 0. The van der Waals surface area contributed by atoms with Crippen LogP contribution in [0.25, 0.3) is 0 Å². The summed E-state index contributed by atoms with van der Waals surface area (Å²) in [5, 5.41) is 3.91. The molecule has 5 nitrogen and oxygen atoms in total. The van der Waals surface area contributed by atoms with Crippen molar-refractivity contribution in [2.45, 2.75) is 19.9 Å². The number of nitrogen functional groups attached to an aromatic ring is 1. The van der Waals surface area contributed by atoms with Gasteiger partial charge in [-0.1, -0.05) is 0 Å². The van der Waals surface area contributed by atoms with E-state index in [0.717, 1.165) is 4.90 Å². The number of anilines is 1. The van der Waals surface area contributed by atoms with Crippen LogP contribution in [0, 0.1) is 0 Å². The minimum Gasteiger partial charge on any atom is -0.396 e. The van der Waals surface area contributed by atoms with E-state index in [-0.39, 0.29) is 11.4 Å². The molecular weight excluding hydrogens is 218 g/mol. The fourth-order valence-corrected chi connectivity index (χ4v) is 1.24. The number of nitrogens with two attached hydrogens (primary N) is 1. The molecule has 0 fully saturated rings. The number of hydrogen-bond donors (Lipinski definition) is 1. The second kappa shape index (κ2) is 4.91. The van der Waals surface area contributed by atoms with E-state index in [0.29, 0.717) is 6.54 Å². The summed E-state index contributed by atoms with van der Waals surface area (Å²) < 4.78 is 25.6. The average molecular weight is 232 g/mol. The van der Waals surface area contributed by atoms with E-state index in [2.05, 4.69) is 5.10 Å². The van der Waals surface area contributed by atoms with Gasteiger partial charge in [0.15, 0.2) is 5.69 Å². The third-order valence-electron chi connectivity index (χ3n) is 2.08. The summed E-state index contributed by atoms with van der Waals surface area (Å²) in [5.41, 5.74) is 5.79. The molecular formula is C9H14F2N4O. The van der Waals surface area contributed by atoms with E-state index < -0.39 is 18.9 Å². The van der Waals surface area contributed by atoms with Crippen LogP contribution in [0.15, 0.2) is 6.20 Å². The standard InChI is InChI=1S/C9H14F2N4O/c1-3-15-4-6(12)8(13-15)9(16)14(2)5-7(10)11/h4,7H,3,5,12H2,1-2H3. The van der Waals surface area contributed by atoms with Gasteiger partial charge in [-0.3, -0.25) is 9.48 Å². The molecule has 1 amide bonds. The van der Waals surface area contributed by atoms with Crippen LogP contribution < -0.4 is 5.73 Å². The molecule has 0 aliphatic carbocycles. The lowest BCUT2D eigenvalue weighted by Gasteiger charge is -2.15. The Morgan fingerprint density at radius 2 is 2.31 bits per heavy atom. The van der Waals surface area contributed by atoms with Crippen LogP contribution in [0.2, 0.25) is 0 Å². The lowest BCUT2D eigenvalue weighted by atomic mass is 10.3. The Morgan fingerprint density at radius 3 is 2.75 bits per heavy atom. The van der Waals surface area contributed by atoms with Crippen molar-refractivity contribution in [2.75, 3.05) is 19.3 Å². The Kier molecular flexibility index (Phi) is 3.81. The summed E-state index contributed by atoms with van der Waals surface area (Å²) in [6.07, 6.45) is -1.06. The predicted molar refractivity (Wildman–Crippen MR) is 55.3 cm³/mol. The molecule has 0 unspecified atom stereocenters. The summed E-state index contributed by atoms with van der Waals surface area (Å²) in [5.74, 6) is -0.593. The maximum atomic E-state index is 12.1. The molecule has 16 heavy (non-hydrogen) atoms. The van der Waals surface area contributed by atoms with E-state index in [4.69, 9.17) is 5.73 Å². The van der Waals surface area contributed by atoms with Crippen molar-refractivity contribution in [1.82, 2.24) is 14.7 Å². The predicted octanol–water partition coefficient (Wildman–Crippen LogP) is 0.822. The van der Waals surface area contributed by atoms with Crippen LogP contribution in [0.5, 0.6) is 0 Å². The largest absolute Gasteiger partial charge is 0.396 e. The molecule has 1 rings (SSSR count). The van der Waals surface area contributed by atoms with Crippen molar-refractivity contribution >= 4 is 11.6 Å². The Labute approximate surface area is 91.8 Å². The Morgan fingerprint density at radius 1 is 1.69 bits per heavy atom. The number of carbonyl (C=O) groups excluding carboxylic acids is 1. The first-order chi connectivity index (χ1) is 7.45. The molecule has 0 aliphatic rings. The van der Waals surface area contributed by atoms with Crippen LogP contribution in [0.4, 0.5) is 14.5 Å². The quantitative estimate of drug-likeness (QED) is 0.836. The van der Waals surface area contributed by atoms with Gasteiger partial charge in [0.2, 0.25) is 0 Å². The topological polar surface area (TPSA) is 64.2 Å². The van der Waals surface area contributed by atoms with E-state index >= 15 is 0 Å². The first kappa shape index (κ1) is 12.4. The van der Waals surface area contributed by atoms with Gasteiger partial charge >= 0.3 is 0 Å². The van der Waals surface area contributed by atoms with Crippen molar-refractivity contribution < 1.29 is 13.6 Å². The molecule has 7 heteroatoms. The fourth-order valence-electron chi connectivity index (χ4n) is 1.24. The van der Waals surface area contributed by atoms with Gasteiger partial charge in [0.05, 0.1) is 12.2 Å². The lowest BCUT2D eigenvalue weighted by Crippen LogP contribution is -2.32. The van der Waals surface area contributed by atoms with Gasteiger partial charge in [-0.15, -0.1) is 0 Å². The highest BCUT2D eigenvalue weighted by Gasteiger charge is 2.20. The fraction of sp³-hybridized carbons (Fsp3) is 0.556. The lowest BCUT2D eigenvalue weighted by molar-refractivity contribution is 0.0615. The van der Waals surface area contributed by atoms with E-state index in [9.17, 15) is 13.6 Å². The molecule has 1 aromatic rings. The van der Waals surface area contributed by atoms with Crippen molar-refractivity contribution in [3.8, 4) is 0 Å². The van der Waals surface area contributed by atoms with E-state index in [1.54, 1.807) is 0 Å². The van der Waals surface area contributed by atoms with E-state index in [1.807, 2.05) is 6.92 Å². The normalized spacial score (nSPS) is 10.8. The third kappa shape index (κ3) is 2.68. The third-order valence-corrected chi connectivity index (χ3v) is 2.08. The highest BCUT2D eigenvalue weighted by atomic mass is 19.3. The van der Waals surface area contributed by atoms with Crippen molar-refractivity contribution in [3.05, 3.63) is 11.9 Å². The van der Waals surface area contributed by atoms with Gasteiger partial charge in [-0.25, -0.2) is 8.78 Å². The molecule has 0 aromatic carbocycles. The molecule has 0 radical (unpaired) electrons. The second-order valence-electron chi connectivity index (χ2n) is 3.37. The maximum Gasteiger partial charge on any atom is 0.276 e. The minimum absolute atomic E-state index is 0.0185. The van der Waals surface area contributed by atoms with Gasteiger partial charge in [-0.2, -0.15) is 5.10 Å². The van der Waals surface area contributed by atoms with Crippen LogP contribution in [0.1, 0.15) is 17.4 Å². The SMILES string of the molecule is CCn1cc(N)c(C(=O)N(C)CC(F)F)n1. The number of carbonyl (C=O) groups is 1. The zero-order valence-corrected chi connectivity index (χ0v) is 9.15. The highest BCUT2D eigenvalue weighted by Crippen LogP contribution is 2.12. The average Bonchev–Trinajstić information content (AvgIpc) is 2.57. The summed E-state index contributed by atoms with van der Waals surface area (Å²) in [6.45, 7) is 1.77. The van der Waals surface area contributed by atoms with Crippen LogP contribution in [-0.2, 0) is 6.54 Å². The molecule has 0 spiro atoms. The molecule has 0 aliphatic heterocycles. The summed E-state index contributed by atoms with van der Waals surface area (Å²) in [7, 11) is 1.29. The van der Waals surface area contributed by atoms with Gasteiger partial charge in [0, 0.05) is 19.8 Å². The molecule has 2 N–H and O–H groups in total. The van der Waals surface area contributed by atoms with Gasteiger partial charge in [-0.05, 0) is 6.92 Å². The van der Waals surface area contributed by atoms with Crippen molar-refractivity contribution in [2.24, 2.45) is 0 Å². The molecule has 0 saturated carbocycles. The molecule has 1 aromatic heterocycles. The summed E-state index contributed by atoms with van der Waals surface area (Å²) in [4.78, 5) is 12.6. The molecule has 1 heterocycles. The zero-order valence-electron chi connectivity index (χ0n) is 9.15. The zero-order chi connectivity index (χ0) is 12.3. The number of alkyl halides is 2. The number of hydrogen-bond acceptors (Lipinski definition) is 3. The molecule has 90 valence electrons. The molecule has 0 bridgehead atoms. The van der Waals surface area contributed by atoms with Crippen LogP contribution in [-0.4, -0.2) is 40.6 Å². The highest BCUT2D eigenvalue weighted by molar-refractivity contribution is 5.96. The van der Waals surface area contributed by atoms with Gasteiger partial charge in [0.1, 0.15) is 0 Å². The monoisotopic (exact) mass is 232 g/mol. The Balaban J connectivity index is 2.83. The number of halogens is 2. The van der Waals surface area contributed by atoms with E-state index in [1.165, 1.54) is 17.9 Å². The van der Waals surface area contributed by atoms with Gasteiger partial charge in [0.25, 0.3) is 12.3 Å². The molecule has 0 atom stereocenters. The van der Waals surface area contributed by atoms with Crippen molar-refractivity contribution in [3.63, 3.8) is 0 Å². The smallest absolute Gasteiger partial charge is 0.276 e. The van der Waals surface area contributed by atoms with Gasteiger partial charge < -0.3 is 10.6 Å². The van der Waals surface area contributed by atoms with Crippen LogP contribution >= 0.6 is 0 Å². The molecule has 0 saturated heterocycles. The number of aryl methyl sites for hydroxylation is 1. The number of rotatable bonds is 4. The first-order valence-electron chi connectivity index (χ1n) is 4.82.